The molecule has 1 heterocycles. The van der Waals surface area contributed by atoms with Crippen molar-refractivity contribution in [2.75, 3.05) is 20.9 Å². The standard InChI is InChI=1S/C20H23FN2O4/c1-25-18-7-6-15(9-19(18)26-2)12-22-11-14-4-3-5-16(8-14)17-10-20(24,13-21)27-23-17/h3-9,22,24H,10-13H2,1-2H3. The SMILES string of the molecule is COc1ccc(CNCc2cccc(C3=NOC(O)(CF)C3)c2)cc1OC. The van der Waals surface area contributed by atoms with Crippen LogP contribution in [0.2, 0.25) is 0 Å². The van der Waals surface area contributed by atoms with Crippen LogP contribution in [0.15, 0.2) is 47.6 Å². The number of halogens is 1. The number of benzene rings is 2. The van der Waals surface area contributed by atoms with E-state index in [1.165, 1.54) is 0 Å². The second-order valence-corrected chi connectivity index (χ2v) is 6.38. The van der Waals surface area contributed by atoms with Crippen molar-refractivity contribution in [1.82, 2.24) is 5.32 Å². The van der Waals surface area contributed by atoms with E-state index in [-0.39, 0.29) is 6.42 Å². The van der Waals surface area contributed by atoms with Gasteiger partial charge in [-0.1, -0.05) is 29.4 Å². The number of aliphatic hydroxyl groups is 1. The molecule has 0 saturated carbocycles. The van der Waals surface area contributed by atoms with Crippen LogP contribution >= 0.6 is 0 Å². The van der Waals surface area contributed by atoms with Crippen LogP contribution in [0, 0.1) is 0 Å². The average molecular weight is 374 g/mol. The van der Waals surface area contributed by atoms with E-state index in [0.29, 0.717) is 30.3 Å². The predicted octanol–water partition coefficient (Wildman–Crippen LogP) is 2.78. The summed E-state index contributed by atoms with van der Waals surface area (Å²) in [6.07, 6.45) is 0.0338. The van der Waals surface area contributed by atoms with E-state index >= 15 is 0 Å². The zero-order chi connectivity index (χ0) is 19.3. The molecule has 0 amide bonds. The van der Waals surface area contributed by atoms with Crippen LogP contribution in [0.1, 0.15) is 23.1 Å². The lowest BCUT2D eigenvalue weighted by molar-refractivity contribution is -0.193. The lowest BCUT2D eigenvalue weighted by atomic mass is 10.0. The summed E-state index contributed by atoms with van der Waals surface area (Å²) in [5.41, 5.74) is 3.47. The van der Waals surface area contributed by atoms with Crippen LogP contribution in [0.5, 0.6) is 11.5 Å². The minimum absolute atomic E-state index is 0.0338. The predicted molar refractivity (Wildman–Crippen MR) is 99.7 cm³/mol. The van der Waals surface area contributed by atoms with Crippen molar-refractivity contribution >= 4 is 5.71 Å². The van der Waals surface area contributed by atoms with Gasteiger partial charge in [0.15, 0.2) is 18.2 Å². The van der Waals surface area contributed by atoms with E-state index in [9.17, 15) is 9.50 Å². The fourth-order valence-electron chi connectivity index (χ4n) is 2.90. The molecule has 7 heteroatoms. The zero-order valence-electron chi connectivity index (χ0n) is 15.4. The maximum absolute atomic E-state index is 12.8. The first kappa shape index (κ1) is 19.1. The third-order valence-electron chi connectivity index (χ3n) is 4.34. The van der Waals surface area contributed by atoms with E-state index in [1.54, 1.807) is 14.2 Å². The number of alkyl halides is 1. The maximum atomic E-state index is 12.8. The fraction of sp³-hybridized carbons (Fsp3) is 0.350. The van der Waals surface area contributed by atoms with E-state index < -0.39 is 12.5 Å². The molecule has 6 nitrogen and oxygen atoms in total. The summed E-state index contributed by atoms with van der Waals surface area (Å²) in [7, 11) is 3.22. The summed E-state index contributed by atoms with van der Waals surface area (Å²) in [6, 6.07) is 13.5. The molecule has 0 spiro atoms. The molecule has 0 aromatic heterocycles. The summed E-state index contributed by atoms with van der Waals surface area (Å²) in [5.74, 6) is -0.447. The first-order valence-electron chi connectivity index (χ1n) is 8.61. The molecular formula is C20H23FN2O4. The summed E-state index contributed by atoms with van der Waals surface area (Å²) in [4.78, 5) is 4.81. The quantitative estimate of drug-likeness (QED) is 0.743. The molecule has 0 bridgehead atoms. The number of hydrogen-bond acceptors (Lipinski definition) is 6. The highest BCUT2D eigenvalue weighted by atomic mass is 19.1. The van der Waals surface area contributed by atoms with E-state index in [2.05, 4.69) is 10.5 Å². The Bertz CT molecular complexity index is 827. The Balaban J connectivity index is 1.59. The molecule has 27 heavy (non-hydrogen) atoms. The lowest BCUT2D eigenvalue weighted by Gasteiger charge is -2.14. The van der Waals surface area contributed by atoms with Crippen molar-refractivity contribution in [1.29, 1.82) is 0 Å². The fourth-order valence-corrected chi connectivity index (χ4v) is 2.90. The van der Waals surface area contributed by atoms with Gasteiger partial charge >= 0.3 is 0 Å². The number of hydrogen-bond donors (Lipinski definition) is 2. The van der Waals surface area contributed by atoms with E-state index in [1.807, 2.05) is 42.5 Å². The Kier molecular flexibility index (Phi) is 5.93. The molecule has 2 N–H and O–H groups in total. The molecule has 1 aliphatic heterocycles. The van der Waals surface area contributed by atoms with Gasteiger partial charge in [-0.15, -0.1) is 0 Å². The Morgan fingerprint density at radius 3 is 2.52 bits per heavy atom. The largest absolute Gasteiger partial charge is 0.493 e. The average Bonchev–Trinajstić information content (AvgIpc) is 3.11. The van der Waals surface area contributed by atoms with Gasteiger partial charge in [0.2, 0.25) is 0 Å². The molecule has 0 radical (unpaired) electrons. The van der Waals surface area contributed by atoms with Crippen LogP contribution in [0.3, 0.4) is 0 Å². The highest BCUT2D eigenvalue weighted by molar-refractivity contribution is 6.01. The first-order valence-corrected chi connectivity index (χ1v) is 8.61. The van der Waals surface area contributed by atoms with Gasteiger partial charge in [-0.25, -0.2) is 4.39 Å². The number of oxime groups is 1. The topological polar surface area (TPSA) is 72.3 Å². The molecule has 1 atom stereocenters. The molecule has 0 fully saturated rings. The molecule has 1 unspecified atom stereocenters. The number of nitrogens with zero attached hydrogens (tertiary/aromatic N) is 1. The van der Waals surface area contributed by atoms with Crippen LogP contribution in [-0.4, -0.2) is 37.5 Å². The summed E-state index contributed by atoms with van der Waals surface area (Å²) in [5, 5.41) is 17.0. The van der Waals surface area contributed by atoms with E-state index in [4.69, 9.17) is 14.3 Å². The third-order valence-corrected chi connectivity index (χ3v) is 4.34. The molecular weight excluding hydrogens is 351 g/mol. The van der Waals surface area contributed by atoms with Gasteiger partial charge in [0, 0.05) is 13.1 Å². The lowest BCUT2D eigenvalue weighted by Crippen LogP contribution is -2.31. The van der Waals surface area contributed by atoms with Crippen LogP contribution in [-0.2, 0) is 17.9 Å². The minimum atomic E-state index is -1.84. The molecule has 0 saturated heterocycles. The Morgan fingerprint density at radius 2 is 1.85 bits per heavy atom. The number of rotatable bonds is 8. The molecule has 1 aliphatic rings. The smallest absolute Gasteiger partial charge is 0.268 e. The normalized spacial score (nSPS) is 18.7. The van der Waals surface area contributed by atoms with Crippen molar-refractivity contribution in [2.24, 2.45) is 5.16 Å². The van der Waals surface area contributed by atoms with Crippen LogP contribution in [0.4, 0.5) is 4.39 Å². The van der Waals surface area contributed by atoms with Crippen LogP contribution < -0.4 is 14.8 Å². The first-order chi connectivity index (χ1) is 13.1. The maximum Gasteiger partial charge on any atom is 0.268 e. The van der Waals surface area contributed by atoms with Crippen LogP contribution in [0.25, 0.3) is 0 Å². The second kappa shape index (κ2) is 8.37. The summed E-state index contributed by atoms with van der Waals surface area (Å²) >= 11 is 0. The van der Waals surface area contributed by atoms with Gasteiger partial charge in [-0.05, 0) is 34.9 Å². The van der Waals surface area contributed by atoms with Crippen molar-refractivity contribution < 1.29 is 23.8 Å². The molecule has 2 aromatic rings. The Hall–Kier alpha value is -2.64. The van der Waals surface area contributed by atoms with Gasteiger partial charge in [-0.2, -0.15) is 0 Å². The third kappa shape index (κ3) is 4.56. The number of methoxy groups -OCH3 is 2. The van der Waals surface area contributed by atoms with Gasteiger partial charge in [0.05, 0.1) is 26.4 Å². The summed E-state index contributed by atoms with van der Waals surface area (Å²) < 4.78 is 23.4. The molecule has 144 valence electrons. The molecule has 2 aromatic carbocycles. The van der Waals surface area contributed by atoms with Gasteiger partial charge < -0.3 is 24.7 Å². The molecule has 0 aliphatic carbocycles. The van der Waals surface area contributed by atoms with E-state index in [0.717, 1.165) is 16.7 Å². The van der Waals surface area contributed by atoms with Gasteiger partial charge in [0.25, 0.3) is 5.79 Å². The summed E-state index contributed by atoms with van der Waals surface area (Å²) in [6.45, 7) is 0.312. The Labute approximate surface area is 157 Å². The zero-order valence-corrected chi connectivity index (χ0v) is 15.4. The minimum Gasteiger partial charge on any atom is -0.493 e. The number of ether oxygens (including phenoxy) is 2. The number of nitrogens with one attached hydrogen (secondary N) is 1. The molecule has 3 rings (SSSR count). The van der Waals surface area contributed by atoms with Crippen molar-refractivity contribution in [3.05, 3.63) is 59.2 Å². The van der Waals surface area contributed by atoms with Crippen molar-refractivity contribution in [2.45, 2.75) is 25.3 Å². The second-order valence-electron chi connectivity index (χ2n) is 6.38. The Morgan fingerprint density at radius 1 is 1.11 bits per heavy atom. The monoisotopic (exact) mass is 374 g/mol. The van der Waals surface area contributed by atoms with Gasteiger partial charge in [0.1, 0.15) is 0 Å². The van der Waals surface area contributed by atoms with Gasteiger partial charge in [-0.3, -0.25) is 0 Å². The highest BCUT2D eigenvalue weighted by Crippen LogP contribution is 2.28. The highest BCUT2D eigenvalue weighted by Gasteiger charge is 2.37. The van der Waals surface area contributed by atoms with Crippen molar-refractivity contribution in [3.63, 3.8) is 0 Å². The van der Waals surface area contributed by atoms with Crippen molar-refractivity contribution in [3.8, 4) is 11.5 Å².